The lowest BCUT2D eigenvalue weighted by Crippen LogP contribution is -2.27. The van der Waals surface area contributed by atoms with Crippen molar-refractivity contribution in [1.82, 2.24) is 19.9 Å². The number of rotatable bonds is 9. The average molecular weight is 429 g/mol. The largest absolute Gasteiger partial charge is 0.497 e. The van der Waals surface area contributed by atoms with Crippen LogP contribution in [0.15, 0.2) is 66.7 Å². The molecule has 1 N–H and O–H groups in total. The highest BCUT2D eigenvalue weighted by atomic mass is 16.5. The van der Waals surface area contributed by atoms with Crippen molar-refractivity contribution in [3.05, 3.63) is 72.4 Å². The number of aromatic nitrogens is 3. The van der Waals surface area contributed by atoms with E-state index < -0.39 is 0 Å². The minimum Gasteiger partial charge on any atom is -0.497 e. The Morgan fingerprint density at radius 2 is 1.69 bits per heavy atom. The first-order valence-electron chi connectivity index (χ1n) is 11.1. The van der Waals surface area contributed by atoms with Crippen molar-refractivity contribution in [2.75, 3.05) is 13.7 Å². The molecule has 4 aromatic rings. The second-order valence-electron chi connectivity index (χ2n) is 7.74. The van der Waals surface area contributed by atoms with Crippen LogP contribution in [-0.4, -0.2) is 34.2 Å². The number of ether oxygens (including phenoxy) is 1. The van der Waals surface area contributed by atoms with Gasteiger partial charge in [0.1, 0.15) is 11.4 Å². The van der Waals surface area contributed by atoms with Crippen LogP contribution < -0.4 is 10.1 Å². The first kappa shape index (κ1) is 21.6. The van der Waals surface area contributed by atoms with Crippen LogP contribution in [0.4, 0.5) is 0 Å². The highest BCUT2D eigenvalue weighted by molar-refractivity contribution is 5.94. The number of hydrogen-bond acceptors (Lipinski definition) is 4. The predicted molar refractivity (Wildman–Crippen MR) is 127 cm³/mol. The summed E-state index contributed by atoms with van der Waals surface area (Å²) in [4.78, 5) is 17.9. The lowest BCUT2D eigenvalue weighted by atomic mass is 10.1. The summed E-state index contributed by atoms with van der Waals surface area (Å²) in [5.74, 6) is 0.627. The number of carbonyl (C=O) groups excluding carboxylic acids is 1. The van der Waals surface area contributed by atoms with Gasteiger partial charge in [-0.15, -0.1) is 0 Å². The van der Waals surface area contributed by atoms with Crippen molar-refractivity contribution in [3.8, 4) is 28.3 Å². The van der Waals surface area contributed by atoms with Gasteiger partial charge in [0.2, 0.25) is 0 Å². The first-order chi connectivity index (χ1) is 15.7. The fraction of sp³-hybridized carbons (Fsp3) is 0.269. The Labute approximate surface area is 188 Å². The van der Waals surface area contributed by atoms with Gasteiger partial charge in [-0.25, -0.2) is 9.50 Å². The molecule has 6 nitrogen and oxygen atoms in total. The number of nitrogens with one attached hydrogen (secondary N) is 1. The van der Waals surface area contributed by atoms with Crippen LogP contribution in [-0.2, 0) is 0 Å². The number of hydrogen-bond donors (Lipinski definition) is 1. The van der Waals surface area contributed by atoms with E-state index in [4.69, 9.17) is 14.8 Å². The van der Waals surface area contributed by atoms with E-state index in [0.29, 0.717) is 17.9 Å². The van der Waals surface area contributed by atoms with Crippen molar-refractivity contribution in [2.45, 2.75) is 32.6 Å². The zero-order chi connectivity index (χ0) is 22.3. The van der Waals surface area contributed by atoms with Crippen LogP contribution in [0.3, 0.4) is 0 Å². The number of unbranched alkanes of at least 4 members (excludes halogenated alkanes) is 3. The third-order valence-corrected chi connectivity index (χ3v) is 5.43. The summed E-state index contributed by atoms with van der Waals surface area (Å²) in [7, 11) is 1.64. The molecule has 0 aliphatic rings. The van der Waals surface area contributed by atoms with Crippen LogP contribution in [0.2, 0.25) is 0 Å². The molecule has 0 aliphatic heterocycles. The standard InChI is InChI=1S/C26H28N4O2/c1-3-4-5-9-16-27-26(31)24-17-22(20-12-14-21(32-2)15-13-20)28-25-18-23(29-30(24)25)19-10-7-6-8-11-19/h6-8,10-15,17-18H,3-5,9,16H2,1-2H3,(H,27,31). The summed E-state index contributed by atoms with van der Waals surface area (Å²) in [5.41, 5.74) is 4.49. The van der Waals surface area contributed by atoms with Crippen LogP contribution in [0.25, 0.3) is 28.2 Å². The van der Waals surface area contributed by atoms with Crippen LogP contribution in [0.1, 0.15) is 43.1 Å². The summed E-state index contributed by atoms with van der Waals surface area (Å²) >= 11 is 0. The molecule has 0 atom stereocenters. The Hall–Kier alpha value is -3.67. The quantitative estimate of drug-likeness (QED) is 0.363. The molecule has 2 aromatic carbocycles. The van der Waals surface area contributed by atoms with E-state index in [1.807, 2.05) is 60.7 Å². The number of nitrogens with zero attached hydrogens (tertiary/aromatic N) is 3. The second-order valence-corrected chi connectivity index (χ2v) is 7.74. The van der Waals surface area contributed by atoms with E-state index in [9.17, 15) is 4.79 Å². The smallest absolute Gasteiger partial charge is 0.270 e. The minimum atomic E-state index is -0.147. The van der Waals surface area contributed by atoms with Gasteiger partial charge in [-0.2, -0.15) is 5.10 Å². The lowest BCUT2D eigenvalue weighted by molar-refractivity contribution is 0.0945. The Bertz CT molecular complexity index is 1180. The third-order valence-electron chi connectivity index (χ3n) is 5.43. The summed E-state index contributed by atoms with van der Waals surface area (Å²) < 4.78 is 6.90. The predicted octanol–water partition coefficient (Wildman–Crippen LogP) is 5.38. The average Bonchev–Trinajstić information content (AvgIpc) is 3.28. The maximum Gasteiger partial charge on any atom is 0.270 e. The molecular weight excluding hydrogens is 400 g/mol. The van der Waals surface area contributed by atoms with Gasteiger partial charge >= 0.3 is 0 Å². The van der Waals surface area contributed by atoms with Crippen molar-refractivity contribution in [1.29, 1.82) is 0 Å². The molecule has 6 heteroatoms. The fourth-order valence-electron chi connectivity index (χ4n) is 3.64. The molecule has 164 valence electrons. The van der Waals surface area contributed by atoms with Gasteiger partial charge in [-0.05, 0) is 36.8 Å². The molecular formula is C26H28N4O2. The van der Waals surface area contributed by atoms with E-state index in [0.717, 1.165) is 41.1 Å². The lowest BCUT2D eigenvalue weighted by Gasteiger charge is -2.10. The van der Waals surface area contributed by atoms with Crippen molar-refractivity contribution >= 4 is 11.6 Å². The maximum atomic E-state index is 13.1. The highest BCUT2D eigenvalue weighted by Gasteiger charge is 2.17. The van der Waals surface area contributed by atoms with Gasteiger partial charge in [0, 0.05) is 23.7 Å². The molecule has 0 saturated heterocycles. The molecule has 32 heavy (non-hydrogen) atoms. The summed E-state index contributed by atoms with van der Waals surface area (Å²) in [5, 5.41) is 7.75. The van der Waals surface area contributed by atoms with Gasteiger partial charge in [0.05, 0.1) is 18.5 Å². The van der Waals surface area contributed by atoms with E-state index in [2.05, 4.69) is 12.2 Å². The van der Waals surface area contributed by atoms with Crippen LogP contribution in [0, 0.1) is 0 Å². The second kappa shape index (κ2) is 10.1. The van der Waals surface area contributed by atoms with E-state index in [1.165, 1.54) is 12.8 Å². The molecule has 2 aromatic heterocycles. The van der Waals surface area contributed by atoms with Crippen molar-refractivity contribution in [3.63, 3.8) is 0 Å². The molecule has 0 spiro atoms. The molecule has 0 radical (unpaired) electrons. The monoisotopic (exact) mass is 428 g/mol. The molecule has 4 rings (SSSR count). The van der Waals surface area contributed by atoms with Crippen molar-refractivity contribution in [2.24, 2.45) is 0 Å². The molecule has 0 bridgehead atoms. The van der Waals surface area contributed by atoms with Gasteiger partial charge in [-0.3, -0.25) is 4.79 Å². The number of fused-ring (bicyclic) bond motifs is 1. The fourth-order valence-corrected chi connectivity index (χ4v) is 3.64. The molecule has 0 aliphatic carbocycles. The van der Waals surface area contributed by atoms with E-state index >= 15 is 0 Å². The molecule has 1 amide bonds. The molecule has 0 unspecified atom stereocenters. The Kier molecular flexibility index (Phi) is 6.80. The highest BCUT2D eigenvalue weighted by Crippen LogP contribution is 2.25. The number of amides is 1. The van der Waals surface area contributed by atoms with Crippen molar-refractivity contribution < 1.29 is 9.53 Å². The number of methoxy groups -OCH3 is 1. The van der Waals surface area contributed by atoms with Crippen LogP contribution in [0.5, 0.6) is 5.75 Å². The van der Waals surface area contributed by atoms with Gasteiger partial charge in [0.25, 0.3) is 5.91 Å². The summed E-state index contributed by atoms with van der Waals surface area (Å²) in [6.45, 7) is 2.82. The van der Waals surface area contributed by atoms with Gasteiger partial charge in [0.15, 0.2) is 5.65 Å². The number of benzene rings is 2. The SMILES string of the molecule is CCCCCCNC(=O)c1cc(-c2ccc(OC)cc2)nc2cc(-c3ccccc3)nn12. The molecule has 0 fully saturated rings. The van der Waals surface area contributed by atoms with E-state index in [1.54, 1.807) is 17.7 Å². The summed E-state index contributed by atoms with van der Waals surface area (Å²) in [6.07, 6.45) is 4.42. The Morgan fingerprint density at radius 1 is 0.938 bits per heavy atom. The third kappa shape index (κ3) is 4.80. The Morgan fingerprint density at radius 3 is 2.41 bits per heavy atom. The zero-order valence-corrected chi connectivity index (χ0v) is 18.5. The molecule has 0 saturated carbocycles. The Balaban J connectivity index is 1.72. The topological polar surface area (TPSA) is 68.5 Å². The molecule has 2 heterocycles. The zero-order valence-electron chi connectivity index (χ0n) is 18.5. The minimum absolute atomic E-state index is 0.147. The van der Waals surface area contributed by atoms with E-state index in [-0.39, 0.29) is 5.91 Å². The number of carbonyl (C=O) groups is 1. The van der Waals surface area contributed by atoms with Gasteiger partial charge < -0.3 is 10.1 Å². The first-order valence-corrected chi connectivity index (χ1v) is 11.1. The normalized spacial score (nSPS) is 10.9. The van der Waals surface area contributed by atoms with Crippen LogP contribution >= 0.6 is 0 Å². The maximum absolute atomic E-state index is 13.1. The summed E-state index contributed by atoms with van der Waals surface area (Å²) in [6, 6.07) is 21.3. The van der Waals surface area contributed by atoms with Gasteiger partial charge in [-0.1, -0.05) is 56.5 Å².